The lowest BCUT2D eigenvalue weighted by Gasteiger charge is -2.38. The Bertz CT molecular complexity index is 1200. The number of ether oxygens (including phenoxy) is 1. The number of carbonyl (C=O) groups excluding carboxylic acids is 2. The van der Waals surface area contributed by atoms with E-state index in [4.69, 9.17) is 4.74 Å². The molecule has 2 heterocycles. The van der Waals surface area contributed by atoms with Crippen LogP contribution >= 0.6 is 11.3 Å². The van der Waals surface area contributed by atoms with Crippen molar-refractivity contribution in [1.29, 1.82) is 0 Å². The van der Waals surface area contributed by atoms with Crippen molar-refractivity contribution < 1.29 is 14.3 Å². The van der Waals surface area contributed by atoms with Crippen molar-refractivity contribution >= 4 is 23.2 Å². The Kier molecular flexibility index (Phi) is 7.43. The number of nitrogens with zero attached hydrogens (tertiary/aromatic N) is 2. The van der Waals surface area contributed by atoms with Gasteiger partial charge < -0.3 is 15.0 Å². The van der Waals surface area contributed by atoms with Crippen LogP contribution in [-0.4, -0.2) is 34.8 Å². The summed E-state index contributed by atoms with van der Waals surface area (Å²) in [7, 11) is 0. The van der Waals surface area contributed by atoms with E-state index < -0.39 is 0 Å². The van der Waals surface area contributed by atoms with Crippen LogP contribution in [0.2, 0.25) is 0 Å². The van der Waals surface area contributed by atoms with E-state index >= 15 is 0 Å². The lowest BCUT2D eigenvalue weighted by atomic mass is 9.87. The summed E-state index contributed by atoms with van der Waals surface area (Å²) in [5, 5.41) is 5.18. The fourth-order valence-electron chi connectivity index (χ4n) is 4.24. The lowest BCUT2D eigenvalue weighted by molar-refractivity contribution is -0.132. The maximum atomic E-state index is 12.8. The first-order chi connectivity index (χ1) is 16.5. The van der Waals surface area contributed by atoms with Gasteiger partial charge in [0.05, 0.1) is 6.04 Å². The molecule has 2 aromatic carbocycles. The van der Waals surface area contributed by atoms with Gasteiger partial charge in [0.15, 0.2) is 0 Å². The molecule has 0 spiro atoms. The van der Waals surface area contributed by atoms with Crippen molar-refractivity contribution in [3.63, 3.8) is 0 Å². The molecule has 2 amide bonds. The topological polar surface area (TPSA) is 71.5 Å². The number of amides is 2. The van der Waals surface area contributed by atoms with Crippen LogP contribution in [0.25, 0.3) is 0 Å². The molecule has 1 aromatic heterocycles. The summed E-state index contributed by atoms with van der Waals surface area (Å²) in [6, 6.07) is 14.3. The molecule has 4 rings (SSSR count). The molecule has 0 saturated carbocycles. The standard InChI is InChI=1S/C27H29N3O3S/c1-4-12-28-27(32)23-17-34-24(29-23)16-33-21-10-9-19-11-13-30(25(31)5-2)26(22(19)15-21)20-8-6-7-18(3)14-20/h4,6-10,14-15,17,26H,1,5,11-13,16H2,2-3H3,(H,28,32)/t26-/m0/s1. The zero-order valence-electron chi connectivity index (χ0n) is 19.5. The highest BCUT2D eigenvalue weighted by atomic mass is 32.1. The third-order valence-electron chi connectivity index (χ3n) is 5.88. The number of aryl methyl sites for hydroxylation is 1. The van der Waals surface area contributed by atoms with E-state index in [2.05, 4.69) is 48.1 Å². The summed E-state index contributed by atoms with van der Waals surface area (Å²) in [6.45, 7) is 8.95. The van der Waals surface area contributed by atoms with Gasteiger partial charge in [0, 0.05) is 24.9 Å². The van der Waals surface area contributed by atoms with Crippen molar-refractivity contribution in [3.05, 3.63) is 93.5 Å². The number of fused-ring (bicyclic) bond motifs is 1. The summed E-state index contributed by atoms with van der Waals surface area (Å²) in [6.07, 6.45) is 2.92. The molecule has 0 fully saturated rings. The molecule has 0 unspecified atom stereocenters. The second-order valence-corrected chi connectivity index (χ2v) is 9.22. The van der Waals surface area contributed by atoms with Gasteiger partial charge in [-0.05, 0) is 42.2 Å². The van der Waals surface area contributed by atoms with Crippen LogP contribution in [0.5, 0.6) is 5.75 Å². The van der Waals surface area contributed by atoms with Gasteiger partial charge in [0.25, 0.3) is 5.91 Å². The first-order valence-corrected chi connectivity index (χ1v) is 12.3. The van der Waals surface area contributed by atoms with E-state index in [1.807, 2.05) is 30.0 Å². The summed E-state index contributed by atoms with van der Waals surface area (Å²) in [4.78, 5) is 31.2. The highest BCUT2D eigenvalue weighted by Gasteiger charge is 2.31. The average molecular weight is 476 g/mol. The van der Waals surface area contributed by atoms with E-state index in [0.29, 0.717) is 25.2 Å². The zero-order chi connectivity index (χ0) is 24.1. The van der Waals surface area contributed by atoms with Gasteiger partial charge in [-0.2, -0.15) is 0 Å². The van der Waals surface area contributed by atoms with E-state index in [1.165, 1.54) is 16.9 Å². The van der Waals surface area contributed by atoms with Gasteiger partial charge >= 0.3 is 0 Å². The highest BCUT2D eigenvalue weighted by molar-refractivity contribution is 7.09. The third kappa shape index (κ3) is 5.20. The van der Waals surface area contributed by atoms with Crippen LogP contribution in [-0.2, 0) is 17.8 Å². The molecule has 7 heteroatoms. The van der Waals surface area contributed by atoms with Gasteiger partial charge in [-0.1, -0.05) is 48.9 Å². The summed E-state index contributed by atoms with van der Waals surface area (Å²) < 4.78 is 6.06. The third-order valence-corrected chi connectivity index (χ3v) is 6.70. The molecule has 3 aromatic rings. The number of benzene rings is 2. The van der Waals surface area contributed by atoms with Crippen molar-refractivity contribution in [2.75, 3.05) is 13.1 Å². The molecular formula is C27H29N3O3S. The maximum absolute atomic E-state index is 12.8. The Morgan fingerprint density at radius 3 is 2.91 bits per heavy atom. The SMILES string of the molecule is C=CCNC(=O)c1csc(COc2ccc3c(c2)[C@H](c2cccc(C)c2)N(C(=O)CC)CC3)n1. The Morgan fingerprint density at radius 1 is 1.29 bits per heavy atom. The second-order valence-electron chi connectivity index (χ2n) is 8.28. The van der Waals surface area contributed by atoms with E-state index in [1.54, 1.807) is 11.5 Å². The van der Waals surface area contributed by atoms with Gasteiger partial charge in [0.1, 0.15) is 23.1 Å². The van der Waals surface area contributed by atoms with E-state index in [9.17, 15) is 9.59 Å². The Morgan fingerprint density at radius 2 is 2.15 bits per heavy atom. The molecule has 34 heavy (non-hydrogen) atoms. The molecule has 0 saturated heterocycles. The number of thiazole rings is 1. The Hall–Kier alpha value is -3.45. The Balaban J connectivity index is 1.57. The molecule has 1 N–H and O–H groups in total. The number of nitrogens with one attached hydrogen (secondary N) is 1. The number of rotatable bonds is 8. The zero-order valence-corrected chi connectivity index (χ0v) is 20.4. The lowest BCUT2D eigenvalue weighted by Crippen LogP contribution is -2.40. The van der Waals surface area contributed by atoms with Crippen LogP contribution in [0.4, 0.5) is 0 Å². The summed E-state index contributed by atoms with van der Waals surface area (Å²) >= 11 is 1.39. The van der Waals surface area contributed by atoms with Crippen molar-refractivity contribution in [3.8, 4) is 5.75 Å². The second kappa shape index (κ2) is 10.7. The van der Waals surface area contributed by atoms with Crippen LogP contribution in [0, 0.1) is 6.92 Å². The van der Waals surface area contributed by atoms with Crippen molar-refractivity contribution in [2.45, 2.75) is 39.3 Å². The summed E-state index contributed by atoms with van der Waals surface area (Å²) in [5.41, 5.74) is 4.98. The minimum atomic E-state index is -0.224. The predicted molar refractivity (Wildman–Crippen MR) is 134 cm³/mol. The molecule has 0 aliphatic carbocycles. The van der Waals surface area contributed by atoms with Crippen LogP contribution in [0.15, 0.2) is 60.5 Å². The van der Waals surface area contributed by atoms with Gasteiger partial charge in [-0.15, -0.1) is 17.9 Å². The molecule has 1 atom stereocenters. The molecule has 1 aliphatic heterocycles. The van der Waals surface area contributed by atoms with Crippen LogP contribution in [0.1, 0.15) is 57.1 Å². The Labute approximate surface area is 204 Å². The molecule has 176 valence electrons. The number of hydrogen-bond donors (Lipinski definition) is 1. The number of aromatic nitrogens is 1. The molecule has 1 aliphatic rings. The van der Waals surface area contributed by atoms with Gasteiger partial charge in [-0.3, -0.25) is 9.59 Å². The minimum Gasteiger partial charge on any atom is -0.486 e. The van der Waals surface area contributed by atoms with E-state index in [0.717, 1.165) is 33.9 Å². The predicted octanol–water partition coefficient (Wildman–Crippen LogP) is 4.83. The van der Waals surface area contributed by atoms with Gasteiger partial charge in [-0.25, -0.2) is 4.98 Å². The fourth-order valence-corrected chi connectivity index (χ4v) is 4.92. The monoisotopic (exact) mass is 475 g/mol. The largest absolute Gasteiger partial charge is 0.486 e. The smallest absolute Gasteiger partial charge is 0.271 e. The molecule has 0 bridgehead atoms. The van der Waals surface area contributed by atoms with Gasteiger partial charge in [0.2, 0.25) is 5.91 Å². The van der Waals surface area contributed by atoms with E-state index in [-0.39, 0.29) is 24.5 Å². The average Bonchev–Trinajstić information content (AvgIpc) is 3.34. The highest BCUT2D eigenvalue weighted by Crippen LogP contribution is 2.38. The first kappa shape index (κ1) is 23.7. The first-order valence-electron chi connectivity index (χ1n) is 11.4. The van der Waals surface area contributed by atoms with Crippen LogP contribution < -0.4 is 10.1 Å². The van der Waals surface area contributed by atoms with Crippen molar-refractivity contribution in [2.24, 2.45) is 0 Å². The normalized spacial score (nSPS) is 14.9. The quantitative estimate of drug-likeness (QED) is 0.474. The molecular weight excluding hydrogens is 446 g/mol. The fraction of sp³-hybridized carbons (Fsp3) is 0.296. The maximum Gasteiger partial charge on any atom is 0.271 e. The molecule has 0 radical (unpaired) electrons. The number of hydrogen-bond acceptors (Lipinski definition) is 5. The minimum absolute atomic E-state index is 0.139. The molecule has 6 nitrogen and oxygen atoms in total. The van der Waals surface area contributed by atoms with Crippen molar-refractivity contribution in [1.82, 2.24) is 15.2 Å². The van der Waals surface area contributed by atoms with Crippen LogP contribution in [0.3, 0.4) is 0 Å². The summed E-state index contributed by atoms with van der Waals surface area (Å²) in [5.74, 6) is 0.640. The number of carbonyl (C=O) groups is 2.